The van der Waals surface area contributed by atoms with Gasteiger partial charge in [-0.05, 0) is 89.1 Å². The maximum Gasteiger partial charge on any atom is 0.195 e. The van der Waals surface area contributed by atoms with Crippen LogP contribution in [-0.4, -0.2) is 101 Å². The number of carbonyl (C=O) groups is 2. The van der Waals surface area contributed by atoms with Gasteiger partial charge >= 0.3 is 0 Å². The molecular weight excluding hydrogens is 616 g/mol. The molecule has 0 saturated carbocycles. The Hall–Kier alpha value is -3.78. The lowest BCUT2D eigenvalue weighted by Gasteiger charge is -2.42. The van der Waals surface area contributed by atoms with Crippen molar-refractivity contribution in [1.82, 2.24) is 19.9 Å². The Bertz CT molecular complexity index is 1990. The number of aryl methyl sites for hydroxylation is 2. The largest absolute Gasteiger partial charge is 0.390 e. The Labute approximate surface area is 277 Å². The van der Waals surface area contributed by atoms with E-state index in [9.17, 15) is 30.0 Å². The number of aromatic nitrogens is 4. The molecular formula is C36H42N4O8. The average molecular weight is 659 g/mol. The molecule has 0 spiro atoms. The number of hydrogen-bond acceptors (Lipinski definition) is 10. The van der Waals surface area contributed by atoms with Crippen LogP contribution in [0.2, 0.25) is 0 Å². The highest BCUT2D eigenvalue weighted by molar-refractivity contribution is 6.07. The molecule has 7 heterocycles. The molecule has 12 heteroatoms. The van der Waals surface area contributed by atoms with Gasteiger partial charge in [0, 0.05) is 34.9 Å². The first-order valence-electron chi connectivity index (χ1n) is 16.4. The molecule has 4 aliphatic heterocycles. The molecule has 0 radical (unpaired) electrons. The molecule has 3 aromatic heterocycles. The van der Waals surface area contributed by atoms with Gasteiger partial charge in [0.15, 0.2) is 11.6 Å². The van der Waals surface area contributed by atoms with Gasteiger partial charge in [0.05, 0.1) is 48.0 Å². The van der Waals surface area contributed by atoms with Crippen LogP contribution in [0.3, 0.4) is 0 Å². The number of Topliss-reactive ketones (excluding diaryl/α,β-unsaturated/α-hetero) is 2. The molecule has 2 fully saturated rings. The van der Waals surface area contributed by atoms with E-state index in [1.807, 2.05) is 26.0 Å². The molecule has 8 bridgehead atoms. The number of ketones is 2. The van der Waals surface area contributed by atoms with Crippen molar-refractivity contribution in [2.75, 3.05) is 0 Å². The summed E-state index contributed by atoms with van der Waals surface area (Å²) in [6.45, 7) is 10.6. The van der Waals surface area contributed by atoms with E-state index in [0.717, 1.165) is 11.1 Å². The summed E-state index contributed by atoms with van der Waals surface area (Å²) in [5.41, 5.74) is 2.48. The number of carbonyl (C=O) groups excluding carboxylic acids is 2. The van der Waals surface area contributed by atoms with Crippen LogP contribution in [0.25, 0.3) is 22.1 Å². The summed E-state index contributed by atoms with van der Waals surface area (Å²) in [5.74, 6) is -0.645. The molecule has 4 aliphatic rings. The molecule has 10 atom stereocenters. The van der Waals surface area contributed by atoms with Crippen molar-refractivity contribution in [2.24, 2.45) is 0 Å². The quantitative estimate of drug-likeness (QED) is 0.239. The van der Waals surface area contributed by atoms with E-state index in [-0.39, 0.29) is 35.8 Å². The van der Waals surface area contributed by atoms with E-state index >= 15 is 0 Å². The molecule has 7 rings (SSSR count). The normalized spacial score (nSPS) is 35.6. The average Bonchev–Trinajstić information content (AvgIpc) is 3.69. The van der Waals surface area contributed by atoms with Gasteiger partial charge in [-0.1, -0.05) is 0 Å². The summed E-state index contributed by atoms with van der Waals surface area (Å²) in [7, 11) is 0. The fraction of sp³-hybridized carbons (Fsp3) is 0.500. The van der Waals surface area contributed by atoms with Gasteiger partial charge in [0.2, 0.25) is 0 Å². The van der Waals surface area contributed by atoms with Crippen LogP contribution in [-0.2, 0) is 20.3 Å². The van der Waals surface area contributed by atoms with Gasteiger partial charge < -0.3 is 39.9 Å². The van der Waals surface area contributed by atoms with E-state index in [4.69, 9.17) is 19.4 Å². The fourth-order valence-corrected chi connectivity index (χ4v) is 7.69. The maximum atomic E-state index is 14.3. The van der Waals surface area contributed by atoms with Crippen LogP contribution in [0.4, 0.5) is 0 Å². The number of fused-ring (bicyclic) bond motifs is 8. The van der Waals surface area contributed by atoms with E-state index in [0.29, 0.717) is 33.5 Å². The molecule has 2 saturated heterocycles. The van der Waals surface area contributed by atoms with Gasteiger partial charge in [-0.2, -0.15) is 0 Å². The Morgan fingerprint density at radius 2 is 1.06 bits per heavy atom. The third-order valence-electron chi connectivity index (χ3n) is 10.9. The van der Waals surface area contributed by atoms with E-state index in [1.165, 1.54) is 0 Å². The minimum absolute atomic E-state index is 0.0624. The van der Waals surface area contributed by atoms with Crippen LogP contribution in [0.5, 0.6) is 0 Å². The first-order valence-corrected chi connectivity index (χ1v) is 16.4. The first-order chi connectivity index (χ1) is 22.6. The van der Waals surface area contributed by atoms with Crippen molar-refractivity contribution >= 4 is 33.6 Å². The second kappa shape index (κ2) is 11.4. The van der Waals surface area contributed by atoms with Gasteiger partial charge in [-0.15, -0.1) is 0 Å². The lowest BCUT2D eigenvalue weighted by Crippen LogP contribution is -2.56. The number of H-pyrrole nitrogens is 2. The topological polar surface area (TPSA) is 191 Å². The zero-order chi connectivity index (χ0) is 34.4. The highest BCUT2D eigenvalue weighted by atomic mass is 16.5. The predicted octanol–water partition coefficient (Wildman–Crippen LogP) is 3.01. The number of ether oxygens (including phenoxy) is 2. The van der Waals surface area contributed by atoms with Gasteiger partial charge in [0.1, 0.15) is 34.4 Å². The Balaban J connectivity index is 1.47. The van der Waals surface area contributed by atoms with Gasteiger partial charge in [-0.25, -0.2) is 9.97 Å². The van der Waals surface area contributed by atoms with Crippen LogP contribution in [0.1, 0.15) is 84.0 Å². The summed E-state index contributed by atoms with van der Waals surface area (Å²) >= 11 is 0. The molecule has 0 aromatic carbocycles. The number of aliphatic hydroxyl groups is 4. The SMILES string of the molecule is Cc1cc2cc3nc(cc4cc(C)c(cc5nc(cc1[nH]2)C(=O)C5(C)C1O[C@H](C)[C@@H](O)C[C@H]1O)[nH]4)C(=O)C3(C)C1O[C@@H](C)[C@H](O)C[C@@H]1O. The van der Waals surface area contributed by atoms with Crippen LogP contribution < -0.4 is 0 Å². The smallest absolute Gasteiger partial charge is 0.195 e. The van der Waals surface area contributed by atoms with E-state index in [1.54, 1.807) is 52.0 Å². The molecule has 48 heavy (non-hydrogen) atoms. The van der Waals surface area contributed by atoms with Crippen molar-refractivity contribution in [1.29, 1.82) is 0 Å². The molecule has 0 amide bonds. The molecule has 6 N–H and O–H groups in total. The zero-order valence-electron chi connectivity index (χ0n) is 27.8. The Morgan fingerprint density at radius 1 is 0.646 bits per heavy atom. The summed E-state index contributed by atoms with van der Waals surface area (Å²) in [6, 6.07) is 10.6. The maximum absolute atomic E-state index is 14.3. The number of aromatic amines is 2. The molecule has 4 unspecified atom stereocenters. The Kier molecular flexibility index (Phi) is 7.78. The lowest BCUT2D eigenvalue weighted by atomic mass is 9.73. The lowest BCUT2D eigenvalue weighted by molar-refractivity contribution is -0.177. The number of rotatable bonds is 2. The van der Waals surface area contributed by atoms with Crippen LogP contribution >= 0.6 is 0 Å². The van der Waals surface area contributed by atoms with Gasteiger partial charge in [-0.3, -0.25) is 9.59 Å². The standard InChI is InChI=1S/C36H42N4O8/c1-15-8-20-10-29-35(5,33-27(43)13-25(41)17(3)47-33)31(45)23(39-29)9-19-7-16(2)22(37-19)12-30-36(6,32(46)24(40-30)11-21(15)38-20)34-28(44)14-26(42)18(4)48-34/h7-12,17-18,25-28,33-34,37-38,41-44H,13-14H2,1-6H3/t17-,18+,25+,26-,27-,28+,33?,34?,35?,36?/m0/s1. The molecule has 0 aliphatic carbocycles. The number of hydrogen-bond donors (Lipinski definition) is 6. The first kappa shape index (κ1) is 32.8. The van der Waals surface area contributed by atoms with Crippen molar-refractivity contribution in [2.45, 2.75) is 114 Å². The highest BCUT2D eigenvalue weighted by Crippen LogP contribution is 2.43. The fourth-order valence-electron chi connectivity index (χ4n) is 7.69. The molecule has 254 valence electrons. The monoisotopic (exact) mass is 658 g/mol. The van der Waals surface area contributed by atoms with Crippen molar-refractivity contribution in [3.8, 4) is 0 Å². The highest BCUT2D eigenvalue weighted by Gasteiger charge is 2.56. The van der Waals surface area contributed by atoms with Crippen LogP contribution in [0.15, 0.2) is 36.4 Å². The van der Waals surface area contributed by atoms with Crippen LogP contribution in [0, 0.1) is 13.8 Å². The predicted molar refractivity (Wildman–Crippen MR) is 176 cm³/mol. The summed E-state index contributed by atoms with van der Waals surface area (Å²) in [4.78, 5) is 44.9. The minimum atomic E-state index is -1.37. The summed E-state index contributed by atoms with van der Waals surface area (Å²) < 4.78 is 12.2. The van der Waals surface area contributed by atoms with E-state index < -0.39 is 59.7 Å². The third kappa shape index (κ3) is 4.96. The van der Waals surface area contributed by atoms with Crippen molar-refractivity contribution < 1.29 is 39.5 Å². The Morgan fingerprint density at radius 3 is 1.56 bits per heavy atom. The van der Waals surface area contributed by atoms with Crippen molar-refractivity contribution in [3.05, 3.63) is 70.3 Å². The second-order valence-corrected chi connectivity index (χ2v) is 14.3. The number of aliphatic hydroxyl groups excluding tert-OH is 4. The molecule has 12 nitrogen and oxygen atoms in total. The zero-order valence-corrected chi connectivity index (χ0v) is 27.8. The summed E-state index contributed by atoms with van der Waals surface area (Å²) in [5, 5.41) is 42.9. The summed E-state index contributed by atoms with van der Waals surface area (Å²) in [6.07, 6.45) is -6.93. The second-order valence-electron chi connectivity index (χ2n) is 14.3. The minimum Gasteiger partial charge on any atom is -0.390 e. The third-order valence-corrected chi connectivity index (χ3v) is 10.9. The number of nitrogens with one attached hydrogen (secondary N) is 2. The molecule has 3 aromatic rings. The van der Waals surface area contributed by atoms with E-state index in [2.05, 4.69) is 9.97 Å². The van der Waals surface area contributed by atoms with Gasteiger partial charge in [0.25, 0.3) is 0 Å². The van der Waals surface area contributed by atoms with Crippen molar-refractivity contribution in [3.63, 3.8) is 0 Å². The number of nitrogens with zero attached hydrogens (tertiary/aromatic N) is 2.